The molecule has 7 nitrogen and oxygen atoms in total. The van der Waals surface area contributed by atoms with E-state index in [0.29, 0.717) is 34.3 Å². The zero-order chi connectivity index (χ0) is 24.0. The molecule has 0 fully saturated rings. The van der Waals surface area contributed by atoms with Crippen molar-refractivity contribution in [2.45, 2.75) is 17.1 Å². The molecule has 0 spiro atoms. The molecule has 0 radical (unpaired) electrons. The summed E-state index contributed by atoms with van der Waals surface area (Å²) in [5, 5.41) is 15.3. The van der Waals surface area contributed by atoms with Gasteiger partial charge in [-0.25, -0.2) is 18.0 Å². The van der Waals surface area contributed by atoms with Gasteiger partial charge in [-0.05, 0) is 60.0 Å². The predicted octanol–water partition coefficient (Wildman–Crippen LogP) is 5.03. The highest BCUT2D eigenvalue weighted by atomic mass is 35.5. The number of rotatable bonds is 8. The maximum absolute atomic E-state index is 12.7. The van der Waals surface area contributed by atoms with Crippen LogP contribution in [0, 0.1) is 0 Å². The molecule has 0 atom stereocenters. The second-order valence-corrected chi connectivity index (χ2v) is 9.91. The summed E-state index contributed by atoms with van der Waals surface area (Å²) >= 11 is 12.1. The minimum Gasteiger partial charge on any atom is -0.478 e. The number of halogens is 2. The molecular formula is C23H20Cl2N2O5S. The fraction of sp³-hybridized carbons (Fsp3) is 0.130. The zero-order valence-corrected chi connectivity index (χ0v) is 19.5. The molecule has 3 aromatic carbocycles. The van der Waals surface area contributed by atoms with E-state index >= 15 is 0 Å². The van der Waals surface area contributed by atoms with Gasteiger partial charge >= 0.3 is 12.0 Å². The first-order chi connectivity index (χ1) is 15.7. The van der Waals surface area contributed by atoms with E-state index in [9.17, 15) is 18.0 Å². The lowest BCUT2D eigenvalue weighted by Crippen LogP contribution is -2.30. The summed E-state index contributed by atoms with van der Waals surface area (Å²) in [6, 6.07) is 16.4. The topological polar surface area (TPSA) is 113 Å². The average Bonchev–Trinajstić information content (AvgIpc) is 2.77. The maximum atomic E-state index is 12.7. The smallest absolute Gasteiger partial charge is 0.335 e. The van der Waals surface area contributed by atoms with Gasteiger partial charge in [0.15, 0.2) is 9.84 Å². The Morgan fingerprint density at radius 2 is 1.64 bits per heavy atom. The number of carbonyl (C=O) groups is 2. The van der Waals surface area contributed by atoms with E-state index in [1.54, 1.807) is 18.2 Å². The third-order valence-electron chi connectivity index (χ3n) is 4.71. The molecule has 0 aliphatic heterocycles. The van der Waals surface area contributed by atoms with Crippen molar-refractivity contribution in [1.29, 1.82) is 0 Å². The van der Waals surface area contributed by atoms with E-state index in [4.69, 9.17) is 28.3 Å². The average molecular weight is 507 g/mol. The van der Waals surface area contributed by atoms with Gasteiger partial charge in [0.1, 0.15) is 0 Å². The number of benzene rings is 3. The SMILES string of the molecule is O=C(NCCc1cccc(Cl)c1Cl)Nc1ccc(S(=O)(=O)Cc2cccc(C(=O)O)c2)cc1. The number of carbonyl (C=O) groups excluding carboxylic acids is 1. The minimum absolute atomic E-state index is 0.0193. The van der Waals surface area contributed by atoms with Gasteiger partial charge in [0.25, 0.3) is 0 Å². The first kappa shape index (κ1) is 24.6. The molecule has 0 aromatic heterocycles. The van der Waals surface area contributed by atoms with Crippen molar-refractivity contribution in [3.8, 4) is 0 Å². The highest BCUT2D eigenvalue weighted by molar-refractivity contribution is 7.90. The Bertz CT molecular complexity index is 1280. The van der Waals surface area contributed by atoms with Gasteiger partial charge in [0.2, 0.25) is 0 Å². The van der Waals surface area contributed by atoms with Crippen molar-refractivity contribution in [3.63, 3.8) is 0 Å². The van der Waals surface area contributed by atoms with Crippen molar-refractivity contribution >= 4 is 50.7 Å². The van der Waals surface area contributed by atoms with Crippen LogP contribution in [0.3, 0.4) is 0 Å². The molecule has 0 aliphatic rings. The van der Waals surface area contributed by atoms with Crippen molar-refractivity contribution in [1.82, 2.24) is 5.32 Å². The Labute approximate surface area is 201 Å². The lowest BCUT2D eigenvalue weighted by atomic mass is 10.1. The second-order valence-electron chi connectivity index (χ2n) is 7.13. The number of aromatic carboxylic acids is 1. The van der Waals surface area contributed by atoms with Gasteiger partial charge < -0.3 is 15.7 Å². The van der Waals surface area contributed by atoms with Crippen molar-refractivity contribution in [3.05, 3.63) is 93.5 Å². The first-order valence-electron chi connectivity index (χ1n) is 9.78. The molecule has 2 amide bonds. The predicted molar refractivity (Wildman–Crippen MR) is 128 cm³/mol. The summed E-state index contributed by atoms with van der Waals surface area (Å²) in [6.07, 6.45) is 0.493. The highest BCUT2D eigenvalue weighted by Gasteiger charge is 2.16. The van der Waals surface area contributed by atoms with Crippen LogP contribution in [0.2, 0.25) is 10.0 Å². The lowest BCUT2D eigenvalue weighted by molar-refractivity contribution is 0.0696. The van der Waals surface area contributed by atoms with E-state index in [1.807, 2.05) is 6.07 Å². The van der Waals surface area contributed by atoms with Crippen LogP contribution in [0.15, 0.2) is 71.6 Å². The number of anilines is 1. The van der Waals surface area contributed by atoms with E-state index in [1.165, 1.54) is 42.5 Å². The first-order valence-corrected chi connectivity index (χ1v) is 12.2. The Hall–Kier alpha value is -3.07. The van der Waals surface area contributed by atoms with Gasteiger partial charge in [-0.15, -0.1) is 0 Å². The quantitative estimate of drug-likeness (QED) is 0.396. The second kappa shape index (κ2) is 10.7. The molecule has 0 aliphatic carbocycles. The standard InChI is InChI=1S/C23H20Cl2N2O5S/c24-20-6-2-4-16(21(20)25)11-12-26-23(30)27-18-7-9-19(10-8-18)33(31,32)14-15-3-1-5-17(13-15)22(28)29/h1-10,13H,11-12,14H2,(H,28,29)(H2,26,27,30). The summed E-state index contributed by atoms with van der Waals surface area (Å²) in [7, 11) is -3.70. The van der Waals surface area contributed by atoms with Crippen LogP contribution in [0.25, 0.3) is 0 Å². The Morgan fingerprint density at radius 3 is 2.33 bits per heavy atom. The third kappa shape index (κ3) is 6.71. The monoisotopic (exact) mass is 506 g/mol. The fourth-order valence-electron chi connectivity index (χ4n) is 3.07. The summed E-state index contributed by atoms with van der Waals surface area (Å²) in [5.74, 6) is -1.47. The molecule has 3 rings (SSSR count). The van der Waals surface area contributed by atoms with Gasteiger partial charge in [0, 0.05) is 12.2 Å². The third-order valence-corrected chi connectivity index (χ3v) is 7.28. The lowest BCUT2D eigenvalue weighted by Gasteiger charge is -2.10. The normalized spacial score (nSPS) is 11.1. The van der Waals surface area contributed by atoms with E-state index < -0.39 is 21.8 Å². The summed E-state index contributed by atoms with van der Waals surface area (Å²) in [4.78, 5) is 23.3. The Kier molecular flexibility index (Phi) is 7.97. The summed E-state index contributed by atoms with van der Waals surface area (Å²) < 4.78 is 25.4. The molecule has 0 bridgehead atoms. The van der Waals surface area contributed by atoms with E-state index in [-0.39, 0.29) is 16.2 Å². The Balaban J connectivity index is 1.56. The Morgan fingerprint density at radius 1 is 0.939 bits per heavy atom. The van der Waals surface area contributed by atoms with Crippen molar-refractivity contribution < 1.29 is 23.1 Å². The number of hydrogen-bond acceptors (Lipinski definition) is 4. The maximum Gasteiger partial charge on any atom is 0.335 e. The molecular weight excluding hydrogens is 487 g/mol. The number of hydrogen-bond donors (Lipinski definition) is 3. The number of nitrogens with one attached hydrogen (secondary N) is 2. The van der Waals surface area contributed by atoms with Crippen LogP contribution in [-0.4, -0.2) is 32.1 Å². The molecule has 0 saturated heterocycles. The van der Waals surface area contributed by atoms with Crippen molar-refractivity contribution in [2.75, 3.05) is 11.9 Å². The van der Waals surface area contributed by atoms with Crippen LogP contribution >= 0.6 is 23.2 Å². The number of urea groups is 1. The molecule has 3 N–H and O–H groups in total. The minimum atomic E-state index is -3.70. The van der Waals surface area contributed by atoms with E-state index in [2.05, 4.69) is 10.6 Å². The molecule has 3 aromatic rings. The summed E-state index contributed by atoms with van der Waals surface area (Å²) in [6.45, 7) is 0.327. The van der Waals surface area contributed by atoms with Crippen molar-refractivity contribution in [2.24, 2.45) is 0 Å². The molecule has 10 heteroatoms. The number of carboxylic acids is 1. The fourth-order valence-corrected chi connectivity index (χ4v) is 4.82. The number of sulfone groups is 1. The van der Waals surface area contributed by atoms with Crippen LogP contribution in [0.1, 0.15) is 21.5 Å². The largest absolute Gasteiger partial charge is 0.478 e. The highest BCUT2D eigenvalue weighted by Crippen LogP contribution is 2.25. The molecule has 0 unspecified atom stereocenters. The molecule has 0 saturated carbocycles. The number of carboxylic acid groups (broad SMARTS) is 1. The van der Waals surface area contributed by atoms with Gasteiger partial charge in [-0.3, -0.25) is 0 Å². The molecule has 172 valence electrons. The molecule has 33 heavy (non-hydrogen) atoms. The van der Waals surface area contributed by atoms with Gasteiger partial charge in [-0.1, -0.05) is 47.5 Å². The van der Waals surface area contributed by atoms with Gasteiger partial charge in [0.05, 0.1) is 26.3 Å². The summed E-state index contributed by atoms with van der Waals surface area (Å²) in [5.41, 5.74) is 1.62. The molecule has 0 heterocycles. The number of amides is 2. The van der Waals surface area contributed by atoms with E-state index in [0.717, 1.165) is 5.56 Å². The van der Waals surface area contributed by atoms with Crippen LogP contribution in [0.4, 0.5) is 10.5 Å². The van der Waals surface area contributed by atoms with Crippen LogP contribution in [-0.2, 0) is 22.0 Å². The van der Waals surface area contributed by atoms with Gasteiger partial charge in [-0.2, -0.15) is 0 Å². The zero-order valence-electron chi connectivity index (χ0n) is 17.2. The van der Waals surface area contributed by atoms with Crippen LogP contribution < -0.4 is 10.6 Å². The van der Waals surface area contributed by atoms with Crippen LogP contribution in [0.5, 0.6) is 0 Å².